The van der Waals surface area contributed by atoms with Crippen LogP contribution in [0.25, 0.3) is 0 Å². The van der Waals surface area contributed by atoms with Crippen LogP contribution in [-0.2, 0) is 9.53 Å². The van der Waals surface area contributed by atoms with Gasteiger partial charge in [0, 0.05) is 13.6 Å². The maximum Gasteiger partial charge on any atom is 0.337 e. The zero-order valence-electron chi connectivity index (χ0n) is 15.0. The number of methoxy groups -OCH3 is 1. The van der Waals surface area contributed by atoms with Gasteiger partial charge in [-0.05, 0) is 32.0 Å². The van der Waals surface area contributed by atoms with Gasteiger partial charge in [-0.1, -0.05) is 6.92 Å². The van der Waals surface area contributed by atoms with Gasteiger partial charge < -0.3 is 24.8 Å². The Hall–Kier alpha value is -2.77. The Balaban J connectivity index is 3.01. The summed E-state index contributed by atoms with van der Waals surface area (Å²) in [6.45, 7) is 5.22. The number of anilines is 1. The molecule has 1 unspecified atom stereocenters. The minimum Gasteiger partial charge on any atom is -0.489 e. The van der Waals surface area contributed by atoms with Crippen molar-refractivity contribution in [2.45, 2.75) is 26.9 Å². The highest BCUT2D eigenvalue weighted by Crippen LogP contribution is 2.27. The van der Waals surface area contributed by atoms with Crippen molar-refractivity contribution in [2.24, 2.45) is 5.92 Å². The number of rotatable bonds is 7. The molecule has 1 rings (SSSR count). The minimum absolute atomic E-state index is 0.0399. The lowest BCUT2D eigenvalue weighted by atomic mass is 10.1. The molecule has 1 aromatic rings. The SMILES string of the molecule is COC(=O)c1ccc(OC(C)C)c(NC(=O)N(C)CC(C)C(=O)O)c1. The zero-order valence-corrected chi connectivity index (χ0v) is 15.0. The fraction of sp³-hybridized carbons (Fsp3) is 0.471. The predicted octanol–water partition coefficient (Wildman–Crippen LogP) is 2.44. The summed E-state index contributed by atoms with van der Waals surface area (Å²) in [7, 11) is 2.75. The minimum atomic E-state index is -0.990. The van der Waals surface area contributed by atoms with Crippen LogP contribution in [0.1, 0.15) is 31.1 Å². The first-order chi connectivity index (χ1) is 11.6. The molecule has 25 heavy (non-hydrogen) atoms. The summed E-state index contributed by atoms with van der Waals surface area (Å²) in [5.41, 5.74) is 0.562. The van der Waals surface area contributed by atoms with Gasteiger partial charge in [0.15, 0.2) is 0 Å². The summed E-state index contributed by atoms with van der Waals surface area (Å²) in [4.78, 5) is 36.2. The molecule has 8 nitrogen and oxygen atoms in total. The van der Waals surface area contributed by atoms with Crippen LogP contribution < -0.4 is 10.1 Å². The first kappa shape index (κ1) is 20.3. The summed E-state index contributed by atoms with van der Waals surface area (Å²) in [5.74, 6) is -1.84. The van der Waals surface area contributed by atoms with Gasteiger partial charge in [-0.2, -0.15) is 0 Å². The van der Waals surface area contributed by atoms with Crippen molar-refractivity contribution < 1.29 is 29.0 Å². The van der Waals surface area contributed by atoms with Crippen molar-refractivity contribution in [1.82, 2.24) is 4.90 Å². The molecule has 8 heteroatoms. The third-order valence-electron chi connectivity index (χ3n) is 3.32. The van der Waals surface area contributed by atoms with Crippen molar-refractivity contribution in [1.29, 1.82) is 0 Å². The smallest absolute Gasteiger partial charge is 0.337 e. The van der Waals surface area contributed by atoms with Crippen molar-refractivity contribution in [3.05, 3.63) is 23.8 Å². The standard InChI is InChI=1S/C17H24N2O6/c1-10(2)25-14-7-6-12(16(22)24-5)8-13(14)18-17(23)19(4)9-11(3)15(20)21/h6-8,10-11H,9H2,1-5H3,(H,18,23)(H,20,21). The molecule has 0 aliphatic carbocycles. The van der Waals surface area contributed by atoms with E-state index < -0.39 is 23.9 Å². The van der Waals surface area contributed by atoms with Crippen LogP contribution in [0, 0.1) is 5.92 Å². The Morgan fingerprint density at radius 3 is 2.40 bits per heavy atom. The third kappa shape index (κ3) is 5.98. The monoisotopic (exact) mass is 352 g/mol. The Morgan fingerprint density at radius 1 is 1.24 bits per heavy atom. The number of urea groups is 1. The molecule has 0 bridgehead atoms. The molecule has 0 heterocycles. The fourth-order valence-electron chi connectivity index (χ4n) is 2.01. The highest BCUT2D eigenvalue weighted by molar-refractivity contribution is 5.95. The first-order valence-corrected chi connectivity index (χ1v) is 7.79. The molecule has 0 aromatic heterocycles. The average Bonchev–Trinajstić information content (AvgIpc) is 2.54. The number of benzene rings is 1. The molecular weight excluding hydrogens is 328 g/mol. The van der Waals surface area contributed by atoms with Crippen LogP contribution in [-0.4, -0.2) is 54.8 Å². The topological polar surface area (TPSA) is 105 Å². The van der Waals surface area contributed by atoms with E-state index in [9.17, 15) is 14.4 Å². The van der Waals surface area contributed by atoms with E-state index in [0.29, 0.717) is 11.4 Å². The lowest BCUT2D eigenvalue weighted by Crippen LogP contribution is -2.36. The normalized spacial score (nSPS) is 11.6. The summed E-state index contributed by atoms with van der Waals surface area (Å²) in [6.07, 6.45) is -0.135. The number of carbonyl (C=O) groups is 3. The fourth-order valence-corrected chi connectivity index (χ4v) is 2.01. The van der Waals surface area contributed by atoms with E-state index in [-0.39, 0.29) is 18.2 Å². The number of nitrogens with zero attached hydrogens (tertiary/aromatic N) is 1. The van der Waals surface area contributed by atoms with E-state index in [1.54, 1.807) is 6.07 Å². The van der Waals surface area contributed by atoms with Gasteiger partial charge in [-0.25, -0.2) is 9.59 Å². The predicted molar refractivity (Wildman–Crippen MR) is 92.0 cm³/mol. The number of carboxylic acids is 1. The van der Waals surface area contributed by atoms with E-state index >= 15 is 0 Å². The number of carbonyl (C=O) groups excluding carboxylic acids is 2. The molecule has 0 saturated heterocycles. The van der Waals surface area contributed by atoms with E-state index in [1.807, 2.05) is 13.8 Å². The average molecular weight is 352 g/mol. The Labute approximate surface area is 146 Å². The van der Waals surface area contributed by atoms with Gasteiger partial charge in [-0.15, -0.1) is 0 Å². The summed E-state index contributed by atoms with van der Waals surface area (Å²) in [5, 5.41) is 11.6. The van der Waals surface area contributed by atoms with Gasteiger partial charge in [0.1, 0.15) is 5.75 Å². The molecule has 1 aromatic carbocycles. The Morgan fingerprint density at radius 2 is 1.88 bits per heavy atom. The number of aliphatic carboxylic acids is 1. The van der Waals surface area contributed by atoms with Gasteiger partial charge in [0.2, 0.25) is 0 Å². The second kappa shape index (κ2) is 8.91. The molecule has 0 spiro atoms. The van der Waals surface area contributed by atoms with Crippen LogP contribution in [0.3, 0.4) is 0 Å². The van der Waals surface area contributed by atoms with Crippen molar-refractivity contribution in [3.63, 3.8) is 0 Å². The first-order valence-electron chi connectivity index (χ1n) is 7.79. The number of esters is 1. The molecular formula is C17H24N2O6. The molecule has 2 N–H and O–H groups in total. The van der Waals surface area contributed by atoms with Gasteiger partial charge in [-0.3, -0.25) is 4.79 Å². The number of hydrogen-bond acceptors (Lipinski definition) is 5. The summed E-state index contributed by atoms with van der Waals surface area (Å²) in [6, 6.07) is 4.05. The van der Waals surface area contributed by atoms with E-state index in [1.165, 1.54) is 38.1 Å². The summed E-state index contributed by atoms with van der Waals surface area (Å²) >= 11 is 0. The van der Waals surface area contributed by atoms with Crippen LogP contribution in [0.2, 0.25) is 0 Å². The second-order valence-corrected chi connectivity index (χ2v) is 5.92. The number of amides is 2. The maximum atomic E-state index is 12.3. The van der Waals surface area contributed by atoms with Crippen molar-refractivity contribution >= 4 is 23.7 Å². The molecule has 0 saturated carbocycles. The van der Waals surface area contributed by atoms with Gasteiger partial charge >= 0.3 is 18.0 Å². The van der Waals surface area contributed by atoms with Crippen molar-refractivity contribution in [3.8, 4) is 5.75 Å². The van der Waals surface area contributed by atoms with Crippen LogP contribution >= 0.6 is 0 Å². The molecule has 138 valence electrons. The number of carboxylic acid groups (broad SMARTS) is 1. The number of ether oxygens (including phenoxy) is 2. The molecule has 0 fully saturated rings. The van der Waals surface area contributed by atoms with Crippen LogP contribution in [0.15, 0.2) is 18.2 Å². The molecule has 0 radical (unpaired) electrons. The maximum absolute atomic E-state index is 12.3. The quantitative estimate of drug-likeness (QED) is 0.730. The van der Waals surface area contributed by atoms with Gasteiger partial charge in [0.05, 0.1) is 30.4 Å². The highest BCUT2D eigenvalue weighted by atomic mass is 16.5. The Kier molecular flexibility index (Phi) is 7.22. The summed E-state index contributed by atoms with van der Waals surface area (Å²) < 4.78 is 10.3. The molecule has 0 aliphatic heterocycles. The second-order valence-electron chi connectivity index (χ2n) is 5.92. The largest absolute Gasteiger partial charge is 0.489 e. The van der Waals surface area contributed by atoms with Crippen LogP contribution in [0.5, 0.6) is 5.75 Å². The molecule has 0 aliphatic rings. The highest BCUT2D eigenvalue weighted by Gasteiger charge is 2.19. The third-order valence-corrected chi connectivity index (χ3v) is 3.32. The number of hydrogen-bond donors (Lipinski definition) is 2. The Bertz CT molecular complexity index is 644. The lowest BCUT2D eigenvalue weighted by molar-refractivity contribution is -0.141. The zero-order chi connectivity index (χ0) is 19.1. The lowest BCUT2D eigenvalue weighted by Gasteiger charge is -2.22. The van der Waals surface area contributed by atoms with E-state index in [0.717, 1.165) is 0 Å². The molecule has 1 atom stereocenters. The van der Waals surface area contributed by atoms with Gasteiger partial charge in [0.25, 0.3) is 0 Å². The number of nitrogens with one attached hydrogen (secondary N) is 1. The molecule has 2 amide bonds. The van der Waals surface area contributed by atoms with Crippen LogP contribution in [0.4, 0.5) is 10.5 Å². The van der Waals surface area contributed by atoms with E-state index in [4.69, 9.17) is 9.84 Å². The van der Waals surface area contributed by atoms with Crippen molar-refractivity contribution in [2.75, 3.05) is 26.0 Å². The van der Waals surface area contributed by atoms with E-state index in [2.05, 4.69) is 10.1 Å².